The van der Waals surface area contributed by atoms with E-state index in [0.29, 0.717) is 27.9 Å². The third-order valence-corrected chi connectivity index (χ3v) is 3.49. The Hall–Kier alpha value is -3.02. The van der Waals surface area contributed by atoms with Crippen molar-refractivity contribution in [3.8, 4) is 11.6 Å². The van der Waals surface area contributed by atoms with Crippen LogP contribution in [0.2, 0.25) is 0 Å². The molecule has 22 heavy (non-hydrogen) atoms. The van der Waals surface area contributed by atoms with Crippen LogP contribution in [0.5, 0.6) is 11.6 Å². The molecule has 6 heteroatoms. The van der Waals surface area contributed by atoms with E-state index in [-0.39, 0.29) is 11.8 Å². The van der Waals surface area contributed by atoms with Gasteiger partial charge in [0.1, 0.15) is 5.75 Å². The molecule has 3 aromatic rings. The van der Waals surface area contributed by atoms with Gasteiger partial charge in [-0.05, 0) is 30.3 Å². The lowest BCUT2D eigenvalue weighted by Gasteiger charge is -2.10. The maximum atomic E-state index is 12.8. The minimum atomic E-state index is -0.347. The zero-order valence-electron chi connectivity index (χ0n) is 12.2. The summed E-state index contributed by atoms with van der Waals surface area (Å²) in [6.45, 7) is 0. The standard InChI is InChI=1S/C16H15N3O3/c1-17-13-8-7-10(22-2)9-12(13)16(21)19-14-6-4-3-5-11(14)15(20)18-19/h3-9,17H,1-2H3,(H,18,20). The van der Waals surface area contributed by atoms with Crippen LogP contribution < -0.4 is 10.1 Å². The minimum Gasteiger partial charge on any atom is -0.497 e. The van der Waals surface area contributed by atoms with Gasteiger partial charge in [-0.15, -0.1) is 5.10 Å². The second kappa shape index (κ2) is 5.40. The van der Waals surface area contributed by atoms with Crippen molar-refractivity contribution < 1.29 is 14.6 Å². The Kier molecular flexibility index (Phi) is 3.42. The number of rotatable bonds is 3. The number of para-hydroxylation sites is 1. The summed E-state index contributed by atoms with van der Waals surface area (Å²) in [5, 5.41) is 17.3. The van der Waals surface area contributed by atoms with Crippen molar-refractivity contribution in [2.75, 3.05) is 19.5 Å². The molecule has 0 bridgehead atoms. The Morgan fingerprint density at radius 2 is 2.05 bits per heavy atom. The molecule has 0 fully saturated rings. The molecular formula is C16H15N3O3. The molecule has 0 spiro atoms. The molecule has 1 heterocycles. The second-order valence-corrected chi connectivity index (χ2v) is 4.72. The number of benzene rings is 2. The van der Waals surface area contributed by atoms with Crippen LogP contribution >= 0.6 is 0 Å². The number of methoxy groups -OCH3 is 1. The number of anilines is 1. The summed E-state index contributed by atoms with van der Waals surface area (Å²) in [5.74, 6) is 0.0561. The van der Waals surface area contributed by atoms with Gasteiger partial charge in [0.15, 0.2) is 0 Å². The van der Waals surface area contributed by atoms with Crippen LogP contribution in [0.3, 0.4) is 0 Å². The topological polar surface area (TPSA) is 76.4 Å². The first kappa shape index (κ1) is 13.9. The molecule has 1 aromatic heterocycles. The van der Waals surface area contributed by atoms with Crippen LogP contribution in [0, 0.1) is 0 Å². The summed E-state index contributed by atoms with van der Waals surface area (Å²) in [4.78, 5) is 12.8. The number of nitrogens with zero attached hydrogens (tertiary/aromatic N) is 2. The van der Waals surface area contributed by atoms with Gasteiger partial charge >= 0.3 is 0 Å². The number of carbonyl (C=O) groups excluding carboxylic acids is 1. The molecule has 0 radical (unpaired) electrons. The number of ether oxygens (including phenoxy) is 1. The summed E-state index contributed by atoms with van der Waals surface area (Å²) < 4.78 is 6.37. The van der Waals surface area contributed by atoms with Crippen molar-refractivity contribution >= 4 is 22.5 Å². The lowest BCUT2D eigenvalue weighted by Crippen LogP contribution is -2.15. The Morgan fingerprint density at radius 1 is 1.27 bits per heavy atom. The highest BCUT2D eigenvalue weighted by molar-refractivity contribution is 6.05. The summed E-state index contributed by atoms with van der Waals surface area (Å²) in [6.07, 6.45) is 0. The zero-order chi connectivity index (χ0) is 15.7. The van der Waals surface area contributed by atoms with E-state index in [1.807, 2.05) is 0 Å². The van der Waals surface area contributed by atoms with Crippen LogP contribution in [0.4, 0.5) is 5.69 Å². The van der Waals surface area contributed by atoms with Gasteiger partial charge in [-0.2, -0.15) is 4.68 Å². The zero-order valence-corrected chi connectivity index (χ0v) is 12.2. The number of fused-ring (bicyclic) bond motifs is 1. The van der Waals surface area contributed by atoms with E-state index >= 15 is 0 Å². The molecule has 0 amide bonds. The molecule has 0 aliphatic heterocycles. The number of aromatic hydroxyl groups is 1. The van der Waals surface area contributed by atoms with E-state index in [0.717, 1.165) is 0 Å². The molecule has 2 aromatic carbocycles. The van der Waals surface area contributed by atoms with Crippen molar-refractivity contribution in [2.45, 2.75) is 0 Å². The molecule has 0 aliphatic rings. The lowest BCUT2D eigenvalue weighted by atomic mass is 10.1. The first-order valence-corrected chi connectivity index (χ1v) is 6.73. The van der Waals surface area contributed by atoms with Crippen molar-refractivity contribution in [1.82, 2.24) is 9.78 Å². The predicted octanol–water partition coefficient (Wildman–Crippen LogP) is 2.48. The van der Waals surface area contributed by atoms with E-state index in [9.17, 15) is 9.90 Å². The number of hydrogen-bond acceptors (Lipinski definition) is 5. The van der Waals surface area contributed by atoms with E-state index in [1.54, 1.807) is 49.5 Å². The largest absolute Gasteiger partial charge is 0.497 e. The maximum absolute atomic E-state index is 12.8. The highest BCUT2D eigenvalue weighted by Crippen LogP contribution is 2.27. The van der Waals surface area contributed by atoms with Gasteiger partial charge in [-0.3, -0.25) is 4.79 Å². The molecule has 0 atom stereocenters. The first-order chi connectivity index (χ1) is 10.7. The third-order valence-electron chi connectivity index (χ3n) is 3.49. The highest BCUT2D eigenvalue weighted by Gasteiger charge is 2.19. The van der Waals surface area contributed by atoms with E-state index in [1.165, 1.54) is 11.8 Å². The van der Waals surface area contributed by atoms with Crippen molar-refractivity contribution in [3.05, 3.63) is 48.0 Å². The predicted molar refractivity (Wildman–Crippen MR) is 83.7 cm³/mol. The van der Waals surface area contributed by atoms with Crippen LogP contribution in [0.15, 0.2) is 42.5 Å². The Bertz CT molecular complexity index is 855. The monoisotopic (exact) mass is 297 g/mol. The molecule has 6 nitrogen and oxygen atoms in total. The molecule has 0 aliphatic carbocycles. The molecule has 0 saturated heterocycles. The Labute approximate surface area is 126 Å². The summed E-state index contributed by atoms with van der Waals surface area (Å²) in [7, 11) is 3.27. The SMILES string of the molecule is CNc1ccc(OC)cc1C(=O)n1nc(O)c2ccccc21. The fraction of sp³-hybridized carbons (Fsp3) is 0.125. The average Bonchev–Trinajstić information content (AvgIpc) is 2.91. The number of nitrogens with one attached hydrogen (secondary N) is 1. The van der Waals surface area contributed by atoms with Gasteiger partial charge in [0, 0.05) is 12.7 Å². The Morgan fingerprint density at radius 3 is 2.77 bits per heavy atom. The Balaban J connectivity index is 2.18. The second-order valence-electron chi connectivity index (χ2n) is 4.72. The van der Waals surface area contributed by atoms with Gasteiger partial charge in [0.25, 0.3) is 5.91 Å². The first-order valence-electron chi connectivity index (χ1n) is 6.73. The number of hydrogen-bond donors (Lipinski definition) is 2. The number of carbonyl (C=O) groups is 1. The van der Waals surface area contributed by atoms with Gasteiger partial charge < -0.3 is 15.2 Å². The van der Waals surface area contributed by atoms with Crippen LogP contribution in [0.1, 0.15) is 10.4 Å². The fourth-order valence-corrected chi connectivity index (χ4v) is 2.36. The van der Waals surface area contributed by atoms with E-state index in [4.69, 9.17) is 4.74 Å². The minimum absolute atomic E-state index is 0.169. The number of aromatic nitrogens is 2. The molecule has 3 rings (SSSR count). The smallest absolute Gasteiger partial charge is 0.281 e. The summed E-state index contributed by atoms with van der Waals surface area (Å²) in [5.41, 5.74) is 1.62. The van der Waals surface area contributed by atoms with Crippen molar-refractivity contribution in [1.29, 1.82) is 0 Å². The van der Waals surface area contributed by atoms with E-state index < -0.39 is 0 Å². The third kappa shape index (κ3) is 2.14. The lowest BCUT2D eigenvalue weighted by molar-refractivity contribution is 0.0949. The van der Waals surface area contributed by atoms with Gasteiger partial charge in [-0.1, -0.05) is 12.1 Å². The van der Waals surface area contributed by atoms with Crippen LogP contribution in [-0.2, 0) is 0 Å². The normalized spacial score (nSPS) is 10.6. The van der Waals surface area contributed by atoms with Gasteiger partial charge in [0.05, 0.1) is 23.6 Å². The molecule has 0 saturated carbocycles. The summed E-state index contributed by atoms with van der Waals surface area (Å²) in [6, 6.07) is 12.2. The van der Waals surface area contributed by atoms with Gasteiger partial charge in [0.2, 0.25) is 5.88 Å². The van der Waals surface area contributed by atoms with Crippen LogP contribution in [-0.4, -0.2) is 35.0 Å². The average molecular weight is 297 g/mol. The summed E-state index contributed by atoms with van der Waals surface area (Å²) >= 11 is 0. The maximum Gasteiger partial charge on any atom is 0.281 e. The van der Waals surface area contributed by atoms with Gasteiger partial charge in [-0.25, -0.2) is 0 Å². The van der Waals surface area contributed by atoms with Crippen molar-refractivity contribution in [3.63, 3.8) is 0 Å². The fourth-order valence-electron chi connectivity index (χ4n) is 2.36. The van der Waals surface area contributed by atoms with E-state index in [2.05, 4.69) is 10.4 Å². The molecule has 2 N–H and O–H groups in total. The quantitative estimate of drug-likeness (QED) is 0.776. The van der Waals surface area contributed by atoms with Crippen LogP contribution in [0.25, 0.3) is 10.9 Å². The highest BCUT2D eigenvalue weighted by atomic mass is 16.5. The molecule has 0 unspecified atom stereocenters. The van der Waals surface area contributed by atoms with Crippen molar-refractivity contribution in [2.24, 2.45) is 0 Å². The molecular weight excluding hydrogens is 282 g/mol. The molecule has 112 valence electrons.